The summed E-state index contributed by atoms with van der Waals surface area (Å²) in [7, 11) is 1.30. The zero-order valence-electron chi connectivity index (χ0n) is 17.3. The molecule has 1 amide bonds. The van der Waals surface area contributed by atoms with Gasteiger partial charge in [-0.2, -0.15) is 0 Å². The van der Waals surface area contributed by atoms with Gasteiger partial charge in [0.1, 0.15) is 5.58 Å². The van der Waals surface area contributed by atoms with Crippen LogP contribution in [0.15, 0.2) is 62.6 Å². The van der Waals surface area contributed by atoms with Crippen molar-refractivity contribution in [3.63, 3.8) is 0 Å². The molecule has 4 rings (SSSR count). The summed E-state index contributed by atoms with van der Waals surface area (Å²) in [5, 5.41) is 12.8. The second kappa shape index (κ2) is 9.58. The fraction of sp³-hybridized carbons (Fsp3) is 0.182. The van der Waals surface area contributed by atoms with Crippen LogP contribution in [0.2, 0.25) is 0 Å². The molecule has 0 saturated carbocycles. The number of benzene rings is 2. The van der Waals surface area contributed by atoms with Gasteiger partial charge in [-0.3, -0.25) is 9.36 Å². The average molecular weight is 515 g/mol. The number of nitrogens with one attached hydrogen (secondary N) is 1. The number of carbonyl (C=O) groups excluding carboxylic acids is 2. The van der Waals surface area contributed by atoms with Crippen LogP contribution in [0.1, 0.15) is 17.3 Å². The third-order valence-electron chi connectivity index (χ3n) is 4.67. The van der Waals surface area contributed by atoms with Gasteiger partial charge in [0, 0.05) is 16.4 Å². The Labute approximate surface area is 196 Å². The van der Waals surface area contributed by atoms with Crippen LogP contribution in [0.25, 0.3) is 22.6 Å². The molecule has 2 heterocycles. The largest absolute Gasteiger partial charge is 0.465 e. The van der Waals surface area contributed by atoms with Crippen molar-refractivity contribution in [2.75, 3.05) is 18.2 Å². The van der Waals surface area contributed by atoms with Gasteiger partial charge in [-0.15, -0.1) is 10.2 Å². The maximum absolute atomic E-state index is 12.5. The van der Waals surface area contributed by atoms with E-state index < -0.39 is 5.97 Å². The number of nitrogens with zero attached hydrogens (tertiary/aromatic N) is 3. The molecule has 0 aliphatic carbocycles. The third kappa shape index (κ3) is 4.56. The number of hydrogen-bond acceptors (Lipinski definition) is 7. The monoisotopic (exact) mass is 514 g/mol. The number of esters is 1. The summed E-state index contributed by atoms with van der Waals surface area (Å²) in [5.41, 5.74) is 1.45. The molecule has 2 aromatic heterocycles. The Morgan fingerprint density at radius 3 is 2.78 bits per heavy atom. The van der Waals surface area contributed by atoms with E-state index in [1.54, 1.807) is 24.3 Å². The standard InChI is InChI=1S/C22H19BrN4O4S/c1-3-27-20(18-11-13-10-14(23)8-9-17(13)31-18)25-26-22(27)32-12-19(28)24-16-7-5-4-6-15(16)21(29)30-2/h4-11H,3,12H2,1-2H3,(H,24,28). The minimum Gasteiger partial charge on any atom is -0.465 e. The van der Waals surface area contributed by atoms with Crippen LogP contribution in [-0.4, -0.2) is 39.5 Å². The van der Waals surface area contributed by atoms with Gasteiger partial charge in [0.05, 0.1) is 24.1 Å². The second-order valence-corrected chi connectivity index (χ2v) is 8.58. The van der Waals surface area contributed by atoms with Crippen LogP contribution in [0.5, 0.6) is 0 Å². The summed E-state index contributed by atoms with van der Waals surface area (Å²) < 4.78 is 13.6. The molecule has 0 aliphatic heterocycles. The molecule has 164 valence electrons. The van der Waals surface area contributed by atoms with Crippen molar-refractivity contribution in [3.05, 3.63) is 58.6 Å². The van der Waals surface area contributed by atoms with Crippen molar-refractivity contribution in [2.24, 2.45) is 0 Å². The molecule has 0 radical (unpaired) electrons. The van der Waals surface area contributed by atoms with E-state index in [-0.39, 0.29) is 11.7 Å². The molecule has 2 aromatic carbocycles. The molecule has 0 aliphatic rings. The van der Waals surface area contributed by atoms with Crippen LogP contribution in [0, 0.1) is 0 Å². The molecule has 4 aromatic rings. The van der Waals surface area contributed by atoms with Crippen LogP contribution in [0.3, 0.4) is 0 Å². The summed E-state index contributed by atoms with van der Waals surface area (Å²) in [4.78, 5) is 24.4. The number of para-hydroxylation sites is 1. The normalized spacial score (nSPS) is 11.0. The van der Waals surface area contributed by atoms with Crippen molar-refractivity contribution < 1.29 is 18.7 Å². The van der Waals surface area contributed by atoms with Gasteiger partial charge in [0.25, 0.3) is 0 Å². The molecule has 0 bridgehead atoms. The number of thioether (sulfide) groups is 1. The van der Waals surface area contributed by atoms with Crippen LogP contribution < -0.4 is 5.32 Å². The predicted octanol–water partition coefficient (Wildman–Crippen LogP) is 4.99. The second-order valence-electron chi connectivity index (χ2n) is 6.72. The fourth-order valence-corrected chi connectivity index (χ4v) is 4.36. The predicted molar refractivity (Wildman–Crippen MR) is 126 cm³/mol. The van der Waals surface area contributed by atoms with E-state index in [0.717, 1.165) is 15.4 Å². The first-order chi connectivity index (χ1) is 15.5. The van der Waals surface area contributed by atoms with Crippen LogP contribution in [0.4, 0.5) is 5.69 Å². The van der Waals surface area contributed by atoms with E-state index in [1.165, 1.54) is 18.9 Å². The van der Waals surface area contributed by atoms with Gasteiger partial charge in [0.15, 0.2) is 10.9 Å². The van der Waals surface area contributed by atoms with Gasteiger partial charge in [-0.25, -0.2) is 4.79 Å². The zero-order chi connectivity index (χ0) is 22.7. The molecule has 10 heteroatoms. The highest BCUT2D eigenvalue weighted by atomic mass is 79.9. The lowest BCUT2D eigenvalue weighted by molar-refractivity contribution is -0.113. The number of anilines is 1. The van der Waals surface area contributed by atoms with Crippen molar-refractivity contribution in [2.45, 2.75) is 18.6 Å². The van der Waals surface area contributed by atoms with Gasteiger partial charge in [-0.1, -0.05) is 39.8 Å². The number of fused-ring (bicyclic) bond motifs is 1. The van der Waals surface area contributed by atoms with Gasteiger partial charge >= 0.3 is 5.97 Å². The summed E-state index contributed by atoms with van der Waals surface area (Å²) in [6.07, 6.45) is 0. The number of amides is 1. The number of halogens is 1. The molecule has 1 N–H and O–H groups in total. The molecular weight excluding hydrogens is 496 g/mol. The highest BCUT2D eigenvalue weighted by Crippen LogP contribution is 2.30. The first-order valence-corrected chi connectivity index (χ1v) is 11.5. The molecule has 0 atom stereocenters. The van der Waals surface area contributed by atoms with E-state index in [0.29, 0.717) is 34.5 Å². The van der Waals surface area contributed by atoms with E-state index >= 15 is 0 Å². The summed E-state index contributed by atoms with van der Waals surface area (Å²) >= 11 is 4.72. The minimum atomic E-state index is -0.512. The number of furan rings is 1. The lowest BCUT2D eigenvalue weighted by Crippen LogP contribution is -2.17. The Morgan fingerprint density at radius 1 is 1.19 bits per heavy atom. The number of aromatic nitrogens is 3. The summed E-state index contributed by atoms with van der Waals surface area (Å²) in [6.45, 7) is 2.58. The van der Waals surface area contributed by atoms with Crippen molar-refractivity contribution in [3.8, 4) is 11.6 Å². The highest BCUT2D eigenvalue weighted by molar-refractivity contribution is 9.10. The van der Waals surface area contributed by atoms with Gasteiger partial charge in [-0.05, 0) is 43.3 Å². The molecule has 0 unspecified atom stereocenters. The van der Waals surface area contributed by atoms with Crippen molar-refractivity contribution in [1.29, 1.82) is 0 Å². The molecule has 32 heavy (non-hydrogen) atoms. The van der Waals surface area contributed by atoms with Gasteiger partial charge in [0.2, 0.25) is 11.7 Å². The molecule has 0 saturated heterocycles. The smallest absolute Gasteiger partial charge is 0.339 e. The Kier molecular flexibility index (Phi) is 6.61. The number of hydrogen-bond donors (Lipinski definition) is 1. The highest BCUT2D eigenvalue weighted by Gasteiger charge is 2.19. The maximum Gasteiger partial charge on any atom is 0.339 e. The lowest BCUT2D eigenvalue weighted by atomic mass is 10.2. The topological polar surface area (TPSA) is 99.2 Å². The van der Waals surface area contributed by atoms with Crippen LogP contribution >= 0.6 is 27.7 Å². The zero-order valence-corrected chi connectivity index (χ0v) is 19.7. The maximum atomic E-state index is 12.5. The number of ether oxygens (including phenoxy) is 1. The van der Waals surface area contributed by atoms with Crippen molar-refractivity contribution in [1.82, 2.24) is 14.8 Å². The SMILES string of the molecule is CCn1c(SCC(=O)Nc2ccccc2C(=O)OC)nnc1-c1cc2cc(Br)ccc2o1. The quantitative estimate of drug-likeness (QED) is 0.274. The summed E-state index contributed by atoms with van der Waals surface area (Å²) in [6, 6.07) is 14.4. The number of carbonyl (C=O) groups is 2. The molecule has 8 nitrogen and oxygen atoms in total. The Morgan fingerprint density at radius 2 is 2.00 bits per heavy atom. The van der Waals surface area contributed by atoms with E-state index in [4.69, 9.17) is 9.15 Å². The number of methoxy groups -OCH3 is 1. The van der Waals surface area contributed by atoms with E-state index in [2.05, 4.69) is 31.4 Å². The van der Waals surface area contributed by atoms with Crippen molar-refractivity contribution >= 4 is 56.2 Å². The molecular formula is C22H19BrN4O4S. The number of rotatable bonds is 7. The minimum absolute atomic E-state index is 0.0979. The Hall–Kier alpha value is -3.11. The summed E-state index contributed by atoms with van der Waals surface area (Å²) in [5.74, 6) is 0.518. The lowest BCUT2D eigenvalue weighted by Gasteiger charge is -2.09. The molecule has 0 spiro atoms. The first-order valence-electron chi connectivity index (χ1n) is 9.72. The average Bonchev–Trinajstić information content (AvgIpc) is 3.40. The Balaban J connectivity index is 1.49. The van der Waals surface area contributed by atoms with E-state index in [1.807, 2.05) is 35.8 Å². The van der Waals surface area contributed by atoms with Crippen LogP contribution in [-0.2, 0) is 16.1 Å². The van der Waals surface area contributed by atoms with E-state index in [9.17, 15) is 9.59 Å². The third-order valence-corrected chi connectivity index (χ3v) is 6.13. The van der Waals surface area contributed by atoms with Gasteiger partial charge < -0.3 is 14.5 Å². The Bertz CT molecular complexity index is 1300. The molecule has 0 fully saturated rings. The first kappa shape index (κ1) is 22.1. The fourth-order valence-electron chi connectivity index (χ4n) is 3.18.